The lowest BCUT2D eigenvalue weighted by Crippen LogP contribution is -1.91. The fourth-order valence-electron chi connectivity index (χ4n) is 1.59. The van der Waals surface area contributed by atoms with E-state index in [0.717, 1.165) is 12.1 Å². The van der Waals surface area contributed by atoms with Gasteiger partial charge in [0.15, 0.2) is 0 Å². The fraction of sp³-hybridized carbons (Fsp3) is 0.231. The average Bonchev–Trinajstić information content (AvgIpc) is 2.82. The van der Waals surface area contributed by atoms with E-state index in [0.29, 0.717) is 12.2 Å². The molecule has 96 valence electrons. The highest BCUT2D eigenvalue weighted by atomic mass is 79.9. The SMILES string of the molecule is CCC(O)c1ccc(-c2cc(F)c(Br)cc2F)o1. The number of hydrogen-bond donors (Lipinski definition) is 1. The first-order chi connectivity index (χ1) is 8.52. The zero-order valence-electron chi connectivity index (χ0n) is 9.58. The van der Waals surface area contributed by atoms with Crippen LogP contribution in [0.4, 0.5) is 8.78 Å². The second-order valence-electron chi connectivity index (χ2n) is 3.87. The van der Waals surface area contributed by atoms with Gasteiger partial charge in [-0.3, -0.25) is 0 Å². The molecular formula is C13H11BrF2O2. The summed E-state index contributed by atoms with van der Waals surface area (Å²) >= 11 is 2.91. The van der Waals surface area contributed by atoms with Crippen LogP contribution in [0, 0.1) is 11.6 Å². The number of aliphatic hydroxyl groups excluding tert-OH is 1. The van der Waals surface area contributed by atoms with Crippen LogP contribution in [0.5, 0.6) is 0 Å². The summed E-state index contributed by atoms with van der Waals surface area (Å²) in [6.07, 6.45) is -0.244. The second-order valence-corrected chi connectivity index (χ2v) is 4.73. The normalized spacial score (nSPS) is 12.7. The van der Waals surface area contributed by atoms with Gasteiger partial charge in [-0.25, -0.2) is 8.78 Å². The van der Waals surface area contributed by atoms with Crippen LogP contribution >= 0.6 is 15.9 Å². The molecular weight excluding hydrogens is 306 g/mol. The Morgan fingerprint density at radius 3 is 2.67 bits per heavy atom. The van der Waals surface area contributed by atoms with Crippen molar-refractivity contribution in [2.24, 2.45) is 0 Å². The third-order valence-corrected chi connectivity index (χ3v) is 3.23. The summed E-state index contributed by atoms with van der Waals surface area (Å²) in [6.45, 7) is 1.80. The minimum Gasteiger partial charge on any atom is -0.458 e. The van der Waals surface area contributed by atoms with Crippen LogP contribution in [0.2, 0.25) is 0 Å². The van der Waals surface area contributed by atoms with Gasteiger partial charge < -0.3 is 9.52 Å². The number of benzene rings is 1. The Labute approximate surface area is 111 Å². The van der Waals surface area contributed by atoms with Crippen molar-refractivity contribution >= 4 is 15.9 Å². The van der Waals surface area contributed by atoms with Crippen molar-refractivity contribution in [1.29, 1.82) is 0 Å². The molecule has 0 aliphatic heterocycles. The molecule has 1 N–H and O–H groups in total. The third kappa shape index (κ3) is 2.47. The van der Waals surface area contributed by atoms with E-state index in [4.69, 9.17) is 4.42 Å². The van der Waals surface area contributed by atoms with E-state index in [2.05, 4.69) is 15.9 Å². The van der Waals surface area contributed by atoms with Crippen LogP contribution in [0.25, 0.3) is 11.3 Å². The van der Waals surface area contributed by atoms with Crippen molar-refractivity contribution in [1.82, 2.24) is 0 Å². The van der Waals surface area contributed by atoms with Crippen molar-refractivity contribution in [3.05, 3.63) is 46.1 Å². The second kappa shape index (κ2) is 5.20. The lowest BCUT2D eigenvalue weighted by atomic mass is 10.1. The first kappa shape index (κ1) is 13.2. The molecule has 0 spiro atoms. The molecule has 0 saturated heterocycles. The van der Waals surface area contributed by atoms with Crippen LogP contribution in [0.15, 0.2) is 33.2 Å². The fourth-order valence-corrected chi connectivity index (χ4v) is 1.90. The van der Waals surface area contributed by atoms with Crippen molar-refractivity contribution in [2.75, 3.05) is 0 Å². The van der Waals surface area contributed by atoms with Gasteiger partial charge in [-0.15, -0.1) is 0 Å². The monoisotopic (exact) mass is 316 g/mol. The van der Waals surface area contributed by atoms with E-state index in [-0.39, 0.29) is 15.8 Å². The third-order valence-electron chi connectivity index (χ3n) is 2.62. The number of furan rings is 1. The molecule has 0 aliphatic rings. The predicted molar refractivity (Wildman–Crippen MR) is 67.0 cm³/mol. The molecule has 1 aromatic carbocycles. The lowest BCUT2D eigenvalue weighted by Gasteiger charge is -2.04. The Morgan fingerprint density at radius 1 is 1.28 bits per heavy atom. The van der Waals surface area contributed by atoms with Crippen molar-refractivity contribution in [3.63, 3.8) is 0 Å². The van der Waals surface area contributed by atoms with E-state index in [9.17, 15) is 13.9 Å². The number of hydrogen-bond acceptors (Lipinski definition) is 2. The van der Waals surface area contributed by atoms with Gasteiger partial charge >= 0.3 is 0 Å². The Morgan fingerprint density at radius 2 is 2.00 bits per heavy atom. The van der Waals surface area contributed by atoms with E-state index in [1.54, 1.807) is 13.0 Å². The van der Waals surface area contributed by atoms with Crippen LogP contribution in [-0.4, -0.2) is 5.11 Å². The maximum atomic E-state index is 13.7. The van der Waals surface area contributed by atoms with Crippen molar-refractivity contribution in [2.45, 2.75) is 19.4 Å². The highest BCUT2D eigenvalue weighted by Crippen LogP contribution is 2.31. The molecule has 0 saturated carbocycles. The van der Waals surface area contributed by atoms with Crippen molar-refractivity contribution in [3.8, 4) is 11.3 Å². The van der Waals surface area contributed by atoms with Crippen LogP contribution < -0.4 is 0 Å². The maximum Gasteiger partial charge on any atom is 0.138 e. The molecule has 1 aromatic heterocycles. The first-order valence-electron chi connectivity index (χ1n) is 5.45. The van der Waals surface area contributed by atoms with Gasteiger partial charge in [0.1, 0.15) is 29.3 Å². The van der Waals surface area contributed by atoms with Gasteiger partial charge in [-0.05, 0) is 46.6 Å². The molecule has 5 heteroatoms. The quantitative estimate of drug-likeness (QED) is 0.850. The van der Waals surface area contributed by atoms with E-state index >= 15 is 0 Å². The highest BCUT2D eigenvalue weighted by molar-refractivity contribution is 9.10. The van der Waals surface area contributed by atoms with Gasteiger partial charge in [0, 0.05) is 0 Å². The summed E-state index contributed by atoms with van der Waals surface area (Å²) in [5.41, 5.74) is 0.0326. The number of aliphatic hydroxyl groups is 1. The number of halogens is 3. The minimum absolute atomic E-state index is 0.0326. The van der Waals surface area contributed by atoms with Crippen LogP contribution in [-0.2, 0) is 0 Å². The summed E-state index contributed by atoms with van der Waals surface area (Å²) in [5, 5.41) is 9.59. The van der Waals surface area contributed by atoms with E-state index in [1.807, 2.05) is 0 Å². The maximum absolute atomic E-state index is 13.7. The smallest absolute Gasteiger partial charge is 0.138 e. The van der Waals surface area contributed by atoms with Gasteiger partial charge in [-0.1, -0.05) is 6.92 Å². The summed E-state index contributed by atoms with van der Waals surface area (Å²) < 4.78 is 32.4. The molecule has 1 heterocycles. The Balaban J connectivity index is 2.43. The molecule has 18 heavy (non-hydrogen) atoms. The van der Waals surface area contributed by atoms with Gasteiger partial charge in [-0.2, -0.15) is 0 Å². The standard InChI is InChI=1S/C13H11BrF2O2/c1-2-11(17)13-4-3-12(18-13)7-5-10(16)8(14)6-9(7)15/h3-6,11,17H,2H2,1H3. The molecule has 1 atom stereocenters. The highest BCUT2D eigenvalue weighted by Gasteiger charge is 2.16. The minimum atomic E-state index is -0.734. The molecule has 0 radical (unpaired) electrons. The molecule has 0 aliphatic carbocycles. The van der Waals surface area contributed by atoms with E-state index < -0.39 is 17.7 Å². The molecule has 2 nitrogen and oxygen atoms in total. The lowest BCUT2D eigenvalue weighted by molar-refractivity contribution is 0.146. The molecule has 2 aromatic rings. The molecule has 0 amide bonds. The first-order valence-corrected chi connectivity index (χ1v) is 6.25. The summed E-state index contributed by atoms with van der Waals surface area (Å²) in [6, 6.07) is 5.17. The Hall–Kier alpha value is -1.20. The van der Waals surface area contributed by atoms with Gasteiger partial charge in [0.05, 0.1) is 10.0 Å². The summed E-state index contributed by atoms with van der Waals surface area (Å²) in [5.74, 6) is -0.618. The van der Waals surface area contributed by atoms with Crippen LogP contribution in [0.3, 0.4) is 0 Å². The largest absolute Gasteiger partial charge is 0.458 e. The summed E-state index contributed by atoms with van der Waals surface area (Å²) in [4.78, 5) is 0. The Kier molecular flexibility index (Phi) is 3.82. The number of rotatable bonds is 3. The van der Waals surface area contributed by atoms with Crippen LogP contribution in [0.1, 0.15) is 25.2 Å². The molecule has 1 unspecified atom stereocenters. The average molecular weight is 317 g/mol. The molecule has 0 fully saturated rings. The van der Waals surface area contributed by atoms with Gasteiger partial charge in [0.25, 0.3) is 0 Å². The van der Waals surface area contributed by atoms with Gasteiger partial charge in [0.2, 0.25) is 0 Å². The predicted octanol–water partition coefficient (Wildman–Crippen LogP) is 4.43. The van der Waals surface area contributed by atoms with E-state index in [1.165, 1.54) is 6.07 Å². The van der Waals surface area contributed by atoms with Crippen molar-refractivity contribution < 1.29 is 18.3 Å². The zero-order valence-corrected chi connectivity index (χ0v) is 11.2. The molecule has 2 rings (SSSR count). The topological polar surface area (TPSA) is 33.4 Å². The Bertz CT molecular complexity index is 566. The summed E-state index contributed by atoms with van der Waals surface area (Å²) in [7, 11) is 0. The molecule has 0 bridgehead atoms. The zero-order chi connectivity index (χ0) is 13.3.